The van der Waals surface area contributed by atoms with Crippen molar-refractivity contribution in [3.63, 3.8) is 0 Å². The van der Waals surface area contributed by atoms with Crippen molar-refractivity contribution < 1.29 is 5.11 Å². The minimum absolute atomic E-state index is 0.168. The first-order chi connectivity index (χ1) is 5.25. The monoisotopic (exact) mass is 149 g/mol. The summed E-state index contributed by atoms with van der Waals surface area (Å²) in [6, 6.07) is 7.25. The summed E-state index contributed by atoms with van der Waals surface area (Å²) in [5.74, 6) is 0.561. The molecule has 0 saturated heterocycles. The maximum absolute atomic E-state index is 11.2. The van der Waals surface area contributed by atoms with E-state index >= 15 is 0 Å². The van der Waals surface area contributed by atoms with Gasteiger partial charge >= 0.3 is 0 Å². The van der Waals surface area contributed by atoms with Gasteiger partial charge in [-0.3, -0.25) is 5.11 Å². The number of benzene rings is 1. The molecule has 1 nitrogen and oxygen atoms in total. The molecule has 0 heterocycles. The highest BCUT2D eigenvalue weighted by molar-refractivity contribution is 5.34. The smallest absolute Gasteiger partial charge is 0.182 e. The van der Waals surface area contributed by atoms with E-state index in [4.69, 9.17) is 0 Å². The Kier molecular flexibility index (Phi) is 2.53. The second-order valence-corrected chi connectivity index (χ2v) is 2.85. The summed E-state index contributed by atoms with van der Waals surface area (Å²) in [6.45, 7) is 4.17. The Labute approximate surface area is 67.7 Å². The van der Waals surface area contributed by atoms with Crippen molar-refractivity contribution in [1.29, 1.82) is 0 Å². The predicted octanol–water partition coefficient (Wildman–Crippen LogP) is 3.34. The number of para-hydroxylation sites is 1. The highest BCUT2D eigenvalue weighted by atomic mass is 16.3. The van der Waals surface area contributed by atoms with Gasteiger partial charge in [-0.1, -0.05) is 32.0 Å². The zero-order valence-electron chi connectivity index (χ0n) is 7.00. The summed E-state index contributed by atoms with van der Waals surface area (Å²) >= 11 is 0. The topological polar surface area (TPSA) is 19.9 Å². The van der Waals surface area contributed by atoms with Gasteiger partial charge in [-0.05, 0) is 18.4 Å². The highest BCUT2D eigenvalue weighted by Gasteiger charge is 2.07. The molecule has 0 aromatic heterocycles. The Bertz CT molecular complexity index is 230. The van der Waals surface area contributed by atoms with Crippen LogP contribution in [-0.4, -0.2) is 0 Å². The molecule has 1 radical (unpaired) electrons. The van der Waals surface area contributed by atoms with Crippen LogP contribution in [0.5, 0.6) is 5.75 Å². The third kappa shape index (κ3) is 1.73. The lowest BCUT2D eigenvalue weighted by Crippen LogP contribution is -1.90. The summed E-state index contributed by atoms with van der Waals surface area (Å²) < 4.78 is 0. The van der Waals surface area contributed by atoms with Gasteiger partial charge in [-0.2, -0.15) is 0 Å². The standard InChI is InChI=1S/C10H13O/c1-3-8(2)9-6-4-5-7-10(9)11/h4-8H,3H2,1-2H3. The summed E-state index contributed by atoms with van der Waals surface area (Å²) in [4.78, 5) is 0. The minimum Gasteiger partial charge on any atom is -0.290 e. The average molecular weight is 149 g/mol. The Morgan fingerprint density at radius 2 is 2.00 bits per heavy atom. The van der Waals surface area contributed by atoms with E-state index in [1.807, 2.05) is 12.1 Å². The van der Waals surface area contributed by atoms with Crippen LogP contribution in [-0.2, 0) is 5.11 Å². The van der Waals surface area contributed by atoms with Gasteiger partial charge in [0.1, 0.15) is 0 Å². The van der Waals surface area contributed by atoms with E-state index in [1.165, 1.54) is 0 Å². The molecule has 59 valence electrons. The van der Waals surface area contributed by atoms with Crippen LogP contribution in [0.3, 0.4) is 0 Å². The van der Waals surface area contributed by atoms with E-state index in [1.54, 1.807) is 12.1 Å². The van der Waals surface area contributed by atoms with Crippen molar-refractivity contribution in [1.82, 2.24) is 0 Å². The Hall–Kier alpha value is -0.980. The summed E-state index contributed by atoms with van der Waals surface area (Å²) in [5.41, 5.74) is 0.940. The lowest BCUT2D eigenvalue weighted by molar-refractivity contribution is 0.347. The minimum atomic E-state index is 0.168. The molecule has 0 bridgehead atoms. The normalized spacial score (nSPS) is 12.9. The molecule has 0 spiro atoms. The van der Waals surface area contributed by atoms with Crippen molar-refractivity contribution >= 4 is 0 Å². The fourth-order valence-corrected chi connectivity index (χ4v) is 1.11. The lowest BCUT2D eigenvalue weighted by atomic mass is 9.98. The van der Waals surface area contributed by atoms with E-state index in [0.29, 0.717) is 5.92 Å². The van der Waals surface area contributed by atoms with Gasteiger partial charge in [-0.15, -0.1) is 0 Å². The molecular weight excluding hydrogens is 136 g/mol. The lowest BCUT2D eigenvalue weighted by Gasteiger charge is -2.07. The zero-order chi connectivity index (χ0) is 8.27. The molecule has 1 atom stereocenters. The SMILES string of the molecule is CCC(C)c1ccccc1[O]. The van der Waals surface area contributed by atoms with Crippen molar-refractivity contribution in [3.05, 3.63) is 29.8 Å². The van der Waals surface area contributed by atoms with Gasteiger partial charge in [-0.25, -0.2) is 0 Å². The van der Waals surface area contributed by atoms with Crippen molar-refractivity contribution in [2.75, 3.05) is 0 Å². The maximum Gasteiger partial charge on any atom is 0.182 e. The molecule has 11 heavy (non-hydrogen) atoms. The van der Waals surface area contributed by atoms with Gasteiger partial charge in [0.25, 0.3) is 0 Å². The number of hydrogen-bond donors (Lipinski definition) is 0. The molecule has 1 aromatic carbocycles. The molecule has 1 unspecified atom stereocenters. The van der Waals surface area contributed by atoms with Gasteiger partial charge < -0.3 is 0 Å². The van der Waals surface area contributed by atoms with Gasteiger partial charge in [0, 0.05) is 5.56 Å². The molecule has 0 N–H and O–H groups in total. The van der Waals surface area contributed by atoms with Gasteiger partial charge in [0.15, 0.2) is 5.75 Å². The predicted molar refractivity (Wildman–Crippen MR) is 45.3 cm³/mol. The van der Waals surface area contributed by atoms with Crippen LogP contribution in [0.15, 0.2) is 24.3 Å². The fourth-order valence-electron chi connectivity index (χ4n) is 1.11. The molecule has 0 aliphatic heterocycles. The summed E-state index contributed by atoms with van der Waals surface area (Å²) in [5, 5.41) is 11.2. The summed E-state index contributed by atoms with van der Waals surface area (Å²) in [6.07, 6.45) is 1.03. The first-order valence-electron chi connectivity index (χ1n) is 4.01. The van der Waals surface area contributed by atoms with E-state index < -0.39 is 0 Å². The van der Waals surface area contributed by atoms with Crippen LogP contribution in [0.4, 0.5) is 0 Å². The van der Waals surface area contributed by atoms with Crippen molar-refractivity contribution in [2.45, 2.75) is 26.2 Å². The zero-order valence-corrected chi connectivity index (χ0v) is 7.00. The van der Waals surface area contributed by atoms with Crippen LogP contribution in [0.1, 0.15) is 31.7 Å². The second kappa shape index (κ2) is 3.42. The molecule has 1 heteroatoms. The second-order valence-electron chi connectivity index (χ2n) is 2.85. The van der Waals surface area contributed by atoms with E-state index in [2.05, 4.69) is 13.8 Å². The number of hydrogen-bond acceptors (Lipinski definition) is 0. The molecule has 1 rings (SSSR count). The Morgan fingerprint density at radius 3 is 2.55 bits per heavy atom. The van der Waals surface area contributed by atoms with Crippen molar-refractivity contribution in [3.8, 4) is 5.75 Å². The highest BCUT2D eigenvalue weighted by Crippen LogP contribution is 2.27. The van der Waals surface area contributed by atoms with Crippen LogP contribution in [0.25, 0.3) is 0 Å². The quantitative estimate of drug-likeness (QED) is 0.614. The fraction of sp³-hybridized carbons (Fsp3) is 0.400. The molecule has 1 aromatic rings. The molecule has 0 fully saturated rings. The molecule has 0 saturated carbocycles. The number of rotatable bonds is 2. The van der Waals surface area contributed by atoms with Gasteiger partial charge in [0.2, 0.25) is 0 Å². The Balaban J connectivity index is 2.93. The van der Waals surface area contributed by atoms with Gasteiger partial charge in [0.05, 0.1) is 0 Å². The third-order valence-corrected chi connectivity index (χ3v) is 2.06. The third-order valence-electron chi connectivity index (χ3n) is 2.06. The van der Waals surface area contributed by atoms with E-state index in [9.17, 15) is 5.11 Å². The molecule has 0 aliphatic carbocycles. The Morgan fingerprint density at radius 1 is 1.36 bits per heavy atom. The molecule has 0 aliphatic rings. The first kappa shape index (κ1) is 8.12. The maximum atomic E-state index is 11.2. The largest absolute Gasteiger partial charge is 0.290 e. The van der Waals surface area contributed by atoms with Crippen LogP contribution < -0.4 is 0 Å². The summed E-state index contributed by atoms with van der Waals surface area (Å²) in [7, 11) is 0. The molecule has 0 amide bonds. The van der Waals surface area contributed by atoms with Crippen molar-refractivity contribution in [2.24, 2.45) is 0 Å². The van der Waals surface area contributed by atoms with Crippen LogP contribution in [0, 0.1) is 0 Å². The van der Waals surface area contributed by atoms with E-state index in [0.717, 1.165) is 12.0 Å². The van der Waals surface area contributed by atoms with E-state index in [-0.39, 0.29) is 5.75 Å². The molecular formula is C10H13O. The first-order valence-corrected chi connectivity index (χ1v) is 4.01. The average Bonchev–Trinajstić information content (AvgIpc) is 2.04. The van der Waals surface area contributed by atoms with Crippen LogP contribution in [0.2, 0.25) is 0 Å². The van der Waals surface area contributed by atoms with Crippen LogP contribution >= 0.6 is 0 Å².